The fraction of sp³-hybridized carbons (Fsp3) is 0. The Balaban J connectivity index is 2.38. The van der Waals surface area contributed by atoms with Crippen LogP contribution < -0.4 is 10.5 Å². The van der Waals surface area contributed by atoms with Gasteiger partial charge in [0.25, 0.3) is 10.0 Å². The Labute approximate surface area is 135 Å². The van der Waals surface area contributed by atoms with E-state index in [0.29, 0.717) is 20.9 Å². The highest BCUT2D eigenvalue weighted by Crippen LogP contribution is 2.29. The quantitative estimate of drug-likeness (QED) is 0.767. The second-order valence-electron chi connectivity index (χ2n) is 3.92. The van der Waals surface area contributed by atoms with Crippen molar-refractivity contribution in [3.63, 3.8) is 0 Å². The monoisotopic (exact) mass is 394 g/mol. The molecule has 0 bridgehead atoms. The number of rotatable bonds is 3. The number of anilines is 2. The van der Waals surface area contributed by atoms with E-state index in [9.17, 15) is 8.42 Å². The maximum absolute atomic E-state index is 12.3. The first-order valence-corrected chi connectivity index (χ1v) is 8.36. The molecule has 0 aliphatic rings. The number of nitrogen functional groups attached to an aromatic ring is 1. The summed E-state index contributed by atoms with van der Waals surface area (Å²) in [5, 5.41) is 0.617. The van der Waals surface area contributed by atoms with Gasteiger partial charge in [-0.3, -0.25) is 4.72 Å². The zero-order valence-corrected chi connectivity index (χ0v) is 13.8. The van der Waals surface area contributed by atoms with Crippen molar-refractivity contribution in [1.82, 2.24) is 0 Å². The molecule has 0 saturated carbocycles. The van der Waals surface area contributed by atoms with Gasteiger partial charge in [0.1, 0.15) is 4.90 Å². The highest BCUT2D eigenvalue weighted by molar-refractivity contribution is 9.10. The average Bonchev–Trinajstić information content (AvgIpc) is 2.33. The van der Waals surface area contributed by atoms with Crippen LogP contribution in [-0.2, 0) is 10.0 Å². The standard InChI is InChI=1S/C12H9BrCl2N2O2S/c13-9-5-7(16)1-4-12(9)20(18,19)17-8-2-3-10(14)11(15)6-8/h1-6,17H,16H2. The summed E-state index contributed by atoms with van der Waals surface area (Å²) in [4.78, 5) is 0.0813. The summed E-state index contributed by atoms with van der Waals surface area (Å²) < 4.78 is 27.3. The van der Waals surface area contributed by atoms with Gasteiger partial charge in [-0.1, -0.05) is 23.2 Å². The molecule has 2 rings (SSSR count). The Kier molecular flexibility index (Phi) is 4.49. The molecule has 106 valence electrons. The second-order valence-corrected chi connectivity index (χ2v) is 7.24. The molecule has 3 N–H and O–H groups in total. The molecule has 0 unspecified atom stereocenters. The molecule has 8 heteroatoms. The van der Waals surface area contributed by atoms with Crippen molar-refractivity contribution in [2.45, 2.75) is 4.90 Å². The minimum atomic E-state index is -3.74. The summed E-state index contributed by atoms with van der Waals surface area (Å²) in [6, 6.07) is 8.92. The maximum Gasteiger partial charge on any atom is 0.263 e. The molecule has 0 aliphatic carbocycles. The number of hydrogen-bond donors (Lipinski definition) is 2. The number of hydrogen-bond acceptors (Lipinski definition) is 3. The van der Waals surface area contributed by atoms with Gasteiger partial charge >= 0.3 is 0 Å². The molecule has 0 heterocycles. The number of nitrogens with two attached hydrogens (primary N) is 1. The molecule has 2 aromatic rings. The largest absolute Gasteiger partial charge is 0.399 e. The molecular formula is C12H9BrCl2N2O2S. The summed E-state index contributed by atoms with van der Waals surface area (Å²) in [5.41, 5.74) is 6.37. The van der Waals surface area contributed by atoms with Crippen molar-refractivity contribution in [3.05, 3.63) is 50.9 Å². The molecule has 0 fully saturated rings. The summed E-state index contributed by atoms with van der Waals surface area (Å²) in [6.07, 6.45) is 0. The predicted molar refractivity (Wildman–Crippen MR) is 85.8 cm³/mol. The lowest BCUT2D eigenvalue weighted by Crippen LogP contribution is -2.13. The van der Waals surface area contributed by atoms with Crippen molar-refractivity contribution in [1.29, 1.82) is 0 Å². The van der Waals surface area contributed by atoms with Crippen LogP contribution in [0.2, 0.25) is 10.0 Å². The van der Waals surface area contributed by atoms with E-state index in [-0.39, 0.29) is 9.92 Å². The van der Waals surface area contributed by atoms with Gasteiger partial charge in [-0.05, 0) is 52.3 Å². The Hall–Kier alpha value is -0.950. The molecule has 4 nitrogen and oxygen atoms in total. The van der Waals surface area contributed by atoms with Crippen LogP contribution in [0.1, 0.15) is 0 Å². The van der Waals surface area contributed by atoms with Gasteiger partial charge in [0.15, 0.2) is 0 Å². The third kappa shape index (κ3) is 3.38. The first kappa shape index (κ1) is 15.4. The Morgan fingerprint density at radius 1 is 1.05 bits per heavy atom. The van der Waals surface area contributed by atoms with E-state index in [1.54, 1.807) is 0 Å². The lowest BCUT2D eigenvalue weighted by Gasteiger charge is -2.10. The summed E-state index contributed by atoms with van der Waals surface area (Å²) in [7, 11) is -3.74. The zero-order chi connectivity index (χ0) is 14.9. The van der Waals surface area contributed by atoms with Crippen molar-refractivity contribution in [3.8, 4) is 0 Å². The van der Waals surface area contributed by atoms with Crippen LogP contribution in [0.4, 0.5) is 11.4 Å². The van der Waals surface area contributed by atoms with Gasteiger partial charge in [-0.2, -0.15) is 0 Å². The van der Waals surface area contributed by atoms with Crippen molar-refractivity contribution >= 4 is 60.5 Å². The molecule has 0 saturated heterocycles. The third-order valence-electron chi connectivity index (χ3n) is 2.42. The minimum Gasteiger partial charge on any atom is -0.399 e. The van der Waals surface area contributed by atoms with E-state index in [1.807, 2.05) is 0 Å². The van der Waals surface area contributed by atoms with Gasteiger partial charge in [0.2, 0.25) is 0 Å². The fourth-order valence-electron chi connectivity index (χ4n) is 1.50. The van der Waals surface area contributed by atoms with Crippen LogP contribution in [0.3, 0.4) is 0 Å². The van der Waals surface area contributed by atoms with Gasteiger partial charge < -0.3 is 5.73 Å². The first-order chi connectivity index (χ1) is 9.29. The highest BCUT2D eigenvalue weighted by atomic mass is 79.9. The second kappa shape index (κ2) is 5.81. The molecule has 0 aliphatic heterocycles. The average molecular weight is 396 g/mol. The van der Waals surface area contributed by atoms with Gasteiger partial charge in [0, 0.05) is 10.2 Å². The van der Waals surface area contributed by atoms with Crippen LogP contribution >= 0.6 is 39.1 Å². The normalized spacial score (nSPS) is 11.3. The molecule has 0 spiro atoms. The van der Waals surface area contributed by atoms with E-state index in [0.717, 1.165) is 0 Å². The number of sulfonamides is 1. The van der Waals surface area contributed by atoms with Gasteiger partial charge in [-0.25, -0.2) is 8.42 Å². The zero-order valence-electron chi connectivity index (χ0n) is 9.90. The van der Waals surface area contributed by atoms with Crippen molar-refractivity contribution in [2.75, 3.05) is 10.5 Å². The first-order valence-electron chi connectivity index (χ1n) is 5.32. The molecule has 2 aromatic carbocycles. The number of benzene rings is 2. The third-order valence-corrected chi connectivity index (χ3v) is 5.51. The number of nitrogens with one attached hydrogen (secondary N) is 1. The Morgan fingerprint density at radius 3 is 2.35 bits per heavy atom. The molecule has 0 radical (unpaired) electrons. The molecule has 20 heavy (non-hydrogen) atoms. The summed E-state index contributed by atoms with van der Waals surface area (Å²) in [5.74, 6) is 0. The Morgan fingerprint density at radius 2 is 1.75 bits per heavy atom. The lowest BCUT2D eigenvalue weighted by atomic mass is 10.3. The van der Waals surface area contributed by atoms with Gasteiger partial charge in [0.05, 0.1) is 15.7 Å². The topological polar surface area (TPSA) is 72.2 Å². The van der Waals surface area contributed by atoms with E-state index in [4.69, 9.17) is 28.9 Å². The van der Waals surface area contributed by atoms with E-state index in [1.165, 1.54) is 36.4 Å². The summed E-state index contributed by atoms with van der Waals surface area (Å²) in [6.45, 7) is 0. The van der Waals surface area contributed by atoms with Crippen LogP contribution in [0.5, 0.6) is 0 Å². The van der Waals surface area contributed by atoms with E-state index in [2.05, 4.69) is 20.7 Å². The SMILES string of the molecule is Nc1ccc(S(=O)(=O)Nc2ccc(Cl)c(Cl)c2)c(Br)c1. The van der Waals surface area contributed by atoms with Gasteiger partial charge in [-0.15, -0.1) is 0 Å². The molecular weight excluding hydrogens is 387 g/mol. The van der Waals surface area contributed by atoms with Crippen LogP contribution in [0.15, 0.2) is 45.8 Å². The predicted octanol–water partition coefficient (Wildman–Crippen LogP) is 4.14. The van der Waals surface area contributed by atoms with Crippen LogP contribution in [0, 0.1) is 0 Å². The molecule has 0 amide bonds. The molecule has 0 aromatic heterocycles. The Bertz CT molecular complexity index is 766. The van der Waals surface area contributed by atoms with E-state index >= 15 is 0 Å². The lowest BCUT2D eigenvalue weighted by molar-refractivity contribution is 0.601. The van der Waals surface area contributed by atoms with Crippen molar-refractivity contribution in [2.24, 2.45) is 0 Å². The summed E-state index contributed by atoms with van der Waals surface area (Å²) >= 11 is 14.8. The minimum absolute atomic E-state index is 0.0813. The van der Waals surface area contributed by atoms with Crippen molar-refractivity contribution < 1.29 is 8.42 Å². The highest BCUT2D eigenvalue weighted by Gasteiger charge is 2.18. The smallest absolute Gasteiger partial charge is 0.263 e. The van der Waals surface area contributed by atoms with E-state index < -0.39 is 10.0 Å². The number of halogens is 3. The molecule has 0 atom stereocenters. The fourth-order valence-corrected chi connectivity index (χ4v) is 3.95. The van der Waals surface area contributed by atoms with Crippen LogP contribution in [-0.4, -0.2) is 8.42 Å². The maximum atomic E-state index is 12.3. The van der Waals surface area contributed by atoms with Crippen LogP contribution in [0.25, 0.3) is 0 Å².